The number of rotatable bonds is 1. The van der Waals surface area contributed by atoms with Gasteiger partial charge in [-0.3, -0.25) is 0 Å². The van der Waals surface area contributed by atoms with Gasteiger partial charge in [0.05, 0.1) is 0 Å². The zero-order chi connectivity index (χ0) is 8.23. The fraction of sp³-hybridized carbons (Fsp3) is 1.00. The van der Waals surface area contributed by atoms with Crippen LogP contribution >= 0.6 is 0 Å². The second-order valence-electron chi connectivity index (χ2n) is 3.71. The second kappa shape index (κ2) is 4.21. The Labute approximate surface area is 73.9 Å². The topological polar surface area (TPSA) is 33.3 Å². The van der Waals surface area contributed by atoms with Crippen molar-refractivity contribution in [2.45, 2.75) is 18.9 Å². The summed E-state index contributed by atoms with van der Waals surface area (Å²) in [5, 5.41) is 7.00. The van der Waals surface area contributed by atoms with Crippen LogP contribution in [-0.4, -0.2) is 38.9 Å². The molecule has 2 fully saturated rings. The molecule has 2 aliphatic heterocycles. The van der Waals surface area contributed by atoms with Gasteiger partial charge in [0.1, 0.15) is 0 Å². The zero-order valence-corrected chi connectivity index (χ0v) is 7.51. The zero-order valence-electron chi connectivity index (χ0n) is 7.51. The lowest BCUT2D eigenvalue weighted by molar-refractivity contribution is 0.0518. The van der Waals surface area contributed by atoms with Crippen LogP contribution in [0.3, 0.4) is 0 Å². The van der Waals surface area contributed by atoms with E-state index in [0.717, 1.165) is 38.8 Å². The van der Waals surface area contributed by atoms with E-state index >= 15 is 0 Å². The van der Waals surface area contributed by atoms with Crippen molar-refractivity contribution in [1.82, 2.24) is 10.6 Å². The molecule has 2 heterocycles. The molecule has 70 valence electrons. The van der Waals surface area contributed by atoms with Crippen molar-refractivity contribution >= 4 is 0 Å². The maximum absolute atomic E-state index is 5.34. The lowest BCUT2D eigenvalue weighted by Crippen LogP contribution is -2.52. The molecule has 2 aliphatic rings. The van der Waals surface area contributed by atoms with E-state index in [0.29, 0.717) is 6.04 Å². The molecule has 0 aromatic heterocycles. The average Bonchev–Trinajstić information content (AvgIpc) is 2.21. The van der Waals surface area contributed by atoms with E-state index in [4.69, 9.17) is 4.74 Å². The van der Waals surface area contributed by atoms with Gasteiger partial charge < -0.3 is 15.4 Å². The Morgan fingerprint density at radius 3 is 2.58 bits per heavy atom. The second-order valence-corrected chi connectivity index (χ2v) is 3.71. The molecule has 3 heteroatoms. The molecular weight excluding hydrogens is 152 g/mol. The third-order valence-corrected chi connectivity index (χ3v) is 2.91. The van der Waals surface area contributed by atoms with Crippen LogP contribution in [-0.2, 0) is 4.74 Å². The molecule has 0 saturated carbocycles. The normalized spacial score (nSPS) is 33.5. The first-order chi connectivity index (χ1) is 5.97. The predicted molar refractivity (Wildman–Crippen MR) is 48.2 cm³/mol. The fourth-order valence-corrected chi connectivity index (χ4v) is 2.13. The molecule has 0 bridgehead atoms. The summed E-state index contributed by atoms with van der Waals surface area (Å²) in [5.41, 5.74) is 0. The SMILES string of the molecule is C1CNC(C2CCOCC2)CN1. The van der Waals surface area contributed by atoms with Gasteiger partial charge in [0.15, 0.2) is 0 Å². The quantitative estimate of drug-likeness (QED) is 0.580. The highest BCUT2D eigenvalue weighted by Gasteiger charge is 2.24. The summed E-state index contributed by atoms with van der Waals surface area (Å²) in [7, 11) is 0. The van der Waals surface area contributed by atoms with Crippen LogP contribution in [0.1, 0.15) is 12.8 Å². The van der Waals surface area contributed by atoms with E-state index in [1.807, 2.05) is 0 Å². The molecule has 0 radical (unpaired) electrons. The molecule has 0 aromatic rings. The van der Waals surface area contributed by atoms with Crippen LogP contribution in [0.15, 0.2) is 0 Å². The molecule has 0 aromatic carbocycles. The molecule has 0 aliphatic carbocycles. The number of hydrogen-bond donors (Lipinski definition) is 2. The average molecular weight is 170 g/mol. The summed E-state index contributed by atoms with van der Waals surface area (Å²) < 4.78 is 5.34. The largest absolute Gasteiger partial charge is 0.381 e. The molecular formula is C9H18N2O. The van der Waals surface area contributed by atoms with E-state index in [2.05, 4.69) is 10.6 Å². The van der Waals surface area contributed by atoms with Crippen LogP contribution in [0, 0.1) is 5.92 Å². The molecule has 3 nitrogen and oxygen atoms in total. The molecule has 2 N–H and O–H groups in total. The maximum Gasteiger partial charge on any atom is 0.0469 e. The minimum atomic E-state index is 0.697. The van der Waals surface area contributed by atoms with Gasteiger partial charge in [-0.25, -0.2) is 0 Å². The lowest BCUT2D eigenvalue weighted by Gasteiger charge is -2.34. The molecule has 0 amide bonds. The third-order valence-electron chi connectivity index (χ3n) is 2.91. The molecule has 2 rings (SSSR count). The first kappa shape index (κ1) is 8.48. The van der Waals surface area contributed by atoms with Crippen molar-refractivity contribution in [3.8, 4) is 0 Å². The first-order valence-corrected chi connectivity index (χ1v) is 4.98. The molecule has 0 spiro atoms. The van der Waals surface area contributed by atoms with Gasteiger partial charge in [-0.2, -0.15) is 0 Å². The minimum absolute atomic E-state index is 0.697. The summed E-state index contributed by atoms with van der Waals surface area (Å²) in [6.45, 7) is 5.32. The first-order valence-electron chi connectivity index (χ1n) is 4.98. The van der Waals surface area contributed by atoms with E-state index in [1.165, 1.54) is 12.8 Å². The Bertz CT molecular complexity index is 112. The van der Waals surface area contributed by atoms with Gasteiger partial charge in [0.25, 0.3) is 0 Å². The van der Waals surface area contributed by atoms with Gasteiger partial charge >= 0.3 is 0 Å². The third kappa shape index (κ3) is 1.97. The van der Waals surface area contributed by atoms with Crippen molar-refractivity contribution in [3.63, 3.8) is 0 Å². The number of hydrogen-bond acceptors (Lipinski definition) is 3. The Balaban J connectivity index is 1.80. The lowest BCUT2D eigenvalue weighted by atomic mass is 9.91. The van der Waals surface area contributed by atoms with Gasteiger partial charge in [-0.1, -0.05) is 0 Å². The van der Waals surface area contributed by atoms with Crippen LogP contribution < -0.4 is 10.6 Å². The monoisotopic (exact) mass is 170 g/mol. The highest BCUT2D eigenvalue weighted by molar-refractivity contribution is 4.83. The van der Waals surface area contributed by atoms with Crippen LogP contribution in [0.2, 0.25) is 0 Å². The number of nitrogens with one attached hydrogen (secondary N) is 2. The van der Waals surface area contributed by atoms with Crippen molar-refractivity contribution in [2.75, 3.05) is 32.8 Å². The standard InChI is InChI=1S/C9H18N2O/c1-5-12-6-2-8(1)9-7-10-3-4-11-9/h8-11H,1-7H2. The molecule has 1 unspecified atom stereocenters. The number of piperazine rings is 1. The number of ether oxygens (including phenoxy) is 1. The van der Waals surface area contributed by atoms with Gasteiger partial charge in [-0.05, 0) is 18.8 Å². The van der Waals surface area contributed by atoms with E-state index < -0.39 is 0 Å². The predicted octanol–water partition coefficient (Wildman–Crippen LogP) is -0.0256. The van der Waals surface area contributed by atoms with E-state index in [1.54, 1.807) is 0 Å². The maximum atomic E-state index is 5.34. The summed E-state index contributed by atoms with van der Waals surface area (Å²) in [6, 6.07) is 0.697. The smallest absolute Gasteiger partial charge is 0.0469 e. The summed E-state index contributed by atoms with van der Waals surface area (Å²) in [6.07, 6.45) is 2.47. The van der Waals surface area contributed by atoms with Gasteiger partial charge in [-0.15, -0.1) is 0 Å². The van der Waals surface area contributed by atoms with E-state index in [9.17, 15) is 0 Å². The molecule has 2 saturated heterocycles. The Morgan fingerprint density at radius 1 is 1.08 bits per heavy atom. The minimum Gasteiger partial charge on any atom is -0.381 e. The van der Waals surface area contributed by atoms with Gasteiger partial charge in [0.2, 0.25) is 0 Å². The van der Waals surface area contributed by atoms with Crippen molar-refractivity contribution in [2.24, 2.45) is 5.92 Å². The summed E-state index contributed by atoms with van der Waals surface area (Å²) in [4.78, 5) is 0. The van der Waals surface area contributed by atoms with Gasteiger partial charge in [0, 0.05) is 38.9 Å². The fourth-order valence-electron chi connectivity index (χ4n) is 2.13. The Hall–Kier alpha value is -0.120. The van der Waals surface area contributed by atoms with Crippen LogP contribution in [0.4, 0.5) is 0 Å². The van der Waals surface area contributed by atoms with E-state index in [-0.39, 0.29) is 0 Å². The Morgan fingerprint density at radius 2 is 1.92 bits per heavy atom. The summed E-state index contributed by atoms with van der Waals surface area (Å²) in [5.74, 6) is 0.839. The highest BCUT2D eigenvalue weighted by atomic mass is 16.5. The molecule has 12 heavy (non-hydrogen) atoms. The molecule has 1 atom stereocenters. The highest BCUT2D eigenvalue weighted by Crippen LogP contribution is 2.18. The van der Waals surface area contributed by atoms with Crippen LogP contribution in [0.5, 0.6) is 0 Å². The Kier molecular flexibility index (Phi) is 2.98. The van der Waals surface area contributed by atoms with Crippen molar-refractivity contribution < 1.29 is 4.74 Å². The summed E-state index contributed by atoms with van der Waals surface area (Å²) >= 11 is 0. The van der Waals surface area contributed by atoms with Crippen molar-refractivity contribution in [1.29, 1.82) is 0 Å². The van der Waals surface area contributed by atoms with Crippen molar-refractivity contribution in [3.05, 3.63) is 0 Å². The van der Waals surface area contributed by atoms with Crippen LogP contribution in [0.25, 0.3) is 0 Å².